The largest absolute Gasteiger partial charge is 0.343 e. The van der Waals surface area contributed by atoms with Crippen molar-refractivity contribution in [1.82, 2.24) is 19.4 Å². The van der Waals surface area contributed by atoms with Crippen LogP contribution in [0.15, 0.2) is 41.5 Å². The van der Waals surface area contributed by atoms with Crippen LogP contribution in [0.1, 0.15) is 32.4 Å². The summed E-state index contributed by atoms with van der Waals surface area (Å²) in [5, 5.41) is 3.02. The zero-order valence-corrected chi connectivity index (χ0v) is 18.3. The normalized spacial score (nSPS) is 16.3. The highest BCUT2D eigenvalue weighted by molar-refractivity contribution is 5.84. The second kappa shape index (κ2) is 12.0. The second-order valence-corrected chi connectivity index (χ2v) is 6.49. The van der Waals surface area contributed by atoms with Gasteiger partial charge in [0.1, 0.15) is 6.04 Å². The monoisotopic (exact) mass is 402 g/mol. The lowest BCUT2D eigenvalue weighted by atomic mass is 10.0. The molecule has 0 unspecified atom stereocenters. The van der Waals surface area contributed by atoms with Crippen LogP contribution in [-0.4, -0.2) is 59.0 Å². The summed E-state index contributed by atoms with van der Waals surface area (Å²) >= 11 is 0. The third kappa shape index (κ3) is 6.40. The third-order valence-electron chi connectivity index (χ3n) is 4.35. The molecule has 2 aromatic rings. The minimum Gasteiger partial charge on any atom is -0.343 e. The fourth-order valence-corrected chi connectivity index (χ4v) is 2.81. The molecular weight excluding hydrogens is 368 g/mol. The number of nitrogens with two attached hydrogens (primary N) is 1. The van der Waals surface area contributed by atoms with Crippen molar-refractivity contribution in [2.45, 2.75) is 26.8 Å². The zero-order valence-electron chi connectivity index (χ0n) is 18.3. The number of carbonyl (C=O) groups is 1. The molecule has 1 fully saturated rings. The molecule has 0 saturated carbocycles. The molecule has 8 nitrogen and oxygen atoms in total. The first-order chi connectivity index (χ1) is 13.9. The lowest BCUT2D eigenvalue weighted by molar-refractivity contribution is -0.139. The van der Waals surface area contributed by atoms with Crippen molar-refractivity contribution in [3.63, 3.8) is 0 Å². The second-order valence-electron chi connectivity index (χ2n) is 6.49. The van der Waals surface area contributed by atoms with Gasteiger partial charge in [-0.1, -0.05) is 32.9 Å². The van der Waals surface area contributed by atoms with Gasteiger partial charge in [-0.05, 0) is 31.3 Å². The highest BCUT2D eigenvalue weighted by atomic mass is 16.2. The van der Waals surface area contributed by atoms with E-state index in [0.29, 0.717) is 0 Å². The predicted octanol–water partition coefficient (Wildman–Crippen LogP) is 1.96. The summed E-state index contributed by atoms with van der Waals surface area (Å²) in [6, 6.07) is 7.28. The smallest absolute Gasteiger partial charge is 0.293 e. The number of rotatable bonds is 3. The number of piperazine rings is 1. The molecule has 1 aromatic heterocycles. The Hall–Kier alpha value is -2.71. The minimum absolute atomic E-state index is 0.100. The van der Waals surface area contributed by atoms with Crippen molar-refractivity contribution >= 4 is 17.4 Å². The molecule has 3 N–H and O–H groups in total. The SMILES string of the molecule is CC.CCN.CN1CCN(C)[C@@H](c2ccc(Nc3nccn(C)c3=O)cc2)C1=O. The number of carbonyl (C=O) groups excluding carboxylic acids is 1. The van der Waals surface area contributed by atoms with Gasteiger partial charge in [-0.2, -0.15) is 0 Å². The molecule has 1 aromatic carbocycles. The van der Waals surface area contributed by atoms with Gasteiger partial charge in [0, 0.05) is 45.3 Å². The van der Waals surface area contributed by atoms with E-state index in [-0.39, 0.29) is 23.3 Å². The Bertz CT molecular complexity index is 819. The summed E-state index contributed by atoms with van der Waals surface area (Å²) in [6.45, 7) is 8.24. The molecule has 29 heavy (non-hydrogen) atoms. The lowest BCUT2D eigenvalue weighted by Crippen LogP contribution is -2.48. The predicted molar refractivity (Wildman–Crippen MR) is 118 cm³/mol. The molecular formula is C21H34N6O2. The van der Waals surface area contributed by atoms with Gasteiger partial charge in [-0.25, -0.2) is 4.98 Å². The highest BCUT2D eigenvalue weighted by Crippen LogP contribution is 2.26. The number of aryl methyl sites for hydroxylation is 1. The average Bonchev–Trinajstić information content (AvgIpc) is 2.72. The van der Waals surface area contributed by atoms with Crippen molar-refractivity contribution in [2.75, 3.05) is 39.0 Å². The molecule has 0 radical (unpaired) electrons. The van der Waals surface area contributed by atoms with Crippen molar-refractivity contribution in [3.8, 4) is 0 Å². The molecule has 0 bridgehead atoms. The van der Waals surface area contributed by atoms with E-state index in [9.17, 15) is 9.59 Å². The maximum Gasteiger partial charge on any atom is 0.293 e. The number of likely N-dealkylation sites (N-methyl/N-ethyl adjacent to an activating group) is 2. The van der Waals surface area contributed by atoms with Gasteiger partial charge in [0.25, 0.3) is 5.56 Å². The molecule has 3 rings (SSSR count). The lowest BCUT2D eigenvalue weighted by Gasteiger charge is -2.37. The Morgan fingerprint density at radius 1 is 1.10 bits per heavy atom. The highest BCUT2D eigenvalue weighted by Gasteiger charge is 2.31. The van der Waals surface area contributed by atoms with E-state index in [2.05, 4.69) is 15.2 Å². The van der Waals surface area contributed by atoms with Crippen LogP contribution < -0.4 is 16.6 Å². The first-order valence-electron chi connectivity index (χ1n) is 9.93. The Kier molecular flexibility index (Phi) is 10.1. The van der Waals surface area contributed by atoms with Crippen LogP contribution in [0.3, 0.4) is 0 Å². The first kappa shape index (κ1) is 24.3. The number of nitrogens with one attached hydrogen (secondary N) is 1. The van der Waals surface area contributed by atoms with Gasteiger partial charge in [0.05, 0.1) is 0 Å². The number of amides is 1. The quantitative estimate of drug-likeness (QED) is 0.815. The standard InChI is InChI=1S/C17H21N5O2.C2H7N.C2H6/c1-20-10-11-22(3)16(23)14(20)12-4-6-13(7-5-12)19-15-17(24)21(2)9-8-18-15;1-2-3;1-2/h4-9,14H,10-11H2,1-3H3,(H,18,19);2-3H2,1H3;1-2H3/t14-;;/m0../s1. The Balaban J connectivity index is 0.000000771. The van der Waals surface area contributed by atoms with E-state index in [1.807, 2.05) is 59.1 Å². The summed E-state index contributed by atoms with van der Waals surface area (Å²) in [7, 11) is 5.47. The summed E-state index contributed by atoms with van der Waals surface area (Å²) in [4.78, 5) is 32.3. The van der Waals surface area contributed by atoms with Crippen molar-refractivity contribution in [2.24, 2.45) is 12.8 Å². The van der Waals surface area contributed by atoms with Crippen molar-refractivity contribution < 1.29 is 4.79 Å². The van der Waals surface area contributed by atoms with Gasteiger partial charge in [-0.3, -0.25) is 14.5 Å². The van der Waals surface area contributed by atoms with E-state index >= 15 is 0 Å². The Morgan fingerprint density at radius 3 is 2.28 bits per heavy atom. The van der Waals surface area contributed by atoms with Gasteiger partial charge >= 0.3 is 0 Å². The van der Waals surface area contributed by atoms with Crippen LogP contribution in [0.5, 0.6) is 0 Å². The van der Waals surface area contributed by atoms with Crippen LogP contribution in [0, 0.1) is 0 Å². The van der Waals surface area contributed by atoms with E-state index in [0.717, 1.165) is 30.9 Å². The molecule has 2 heterocycles. The number of hydrogen-bond donors (Lipinski definition) is 2. The first-order valence-corrected chi connectivity index (χ1v) is 9.93. The number of aromatic nitrogens is 2. The molecule has 1 saturated heterocycles. The average molecular weight is 403 g/mol. The number of anilines is 2. The van der Waals surface area contributed by atoms with Crippen molar-refractivity contribution in [3.05, 3.63) is 52.6 Å². The van der Waals surface area contributed by atoms with Gasteiger partial charge in [0.2, 0.25) is 5.91 Å². The third-order valence-corrected chi connectivity index (χ3v) is 4.35. The van der Waals surface area contributed by atoms with Crippen LogP contribution in [-0.2, 0) is 11.8 Å². The van der Waals surface area contributed by atoms with Crippen LogP contribution >= 0.6 is 0 Å². The van der Waals surface area contributed by atoms with Crippen molar-refractivity contribution in [1.29, 1.82) is 0 Å². The van der Waals surface area contributed by atoms with E-state index in [4.69, 9.17) is 5.73 Å². The van der Waals surface area contributed by atoms with Crippen LogP contribution in [0.2, 0.25) is 0 Å². The van der Waals surface area contributed by atoms with Gasteiger partial charge < -0.3 is 20.5 Å². The Labute approximate surface area is 173 Å². The topological polar surface area (TPSA) is 96.5 Å². The van der Waals surface area contributed by atoms with Crippen LogP contribution in [0.4, 0.5) is 11.5 Å². The van der Waals surface area contributed by atoms with Gasteiger partial charge in [0.15, 0.2) is 5.82 Å². The number of benzene rings is 1. The molecule has 1 aliphatic rings. The molecule has 1 aliphatic heterocycles. The molecule has 0 aliphatic carbocycles. The molecule has 8 heteroatoms. The Morgan fingerprint density at radius 2 is 1.69 bits per heavy atom. The molecule has 1 amide bonds. The maximum absolute atomic E-state index is 12.4. The van der Waals surface area contributed by atoms with Gasteiger partial charge in [-0.15, -0.1) is 0 Å². The summed E-state index contributed by atoms with van der Waals surface area (Å²) in [5.74, 6) is 0.376. The van der Waals surface area contributed by atoms with E-state index in [1.165, 1.54) is 4.57 Å². The fraction of sp³-hybridized carbons (Fsp3) is 0.476. The van der Waals surface area contributed by atoms with E-state index in [1.54, 1.807) is 24.3 Å². The minimum atomic E-state index is -0.263. The summed E-state index contributed by atoms with van der Waals surface area (Å²) in [6.07, 6.45) is 3.18. The number of hydrogen-bond acceptors (Lipinski definition) is 6. The van der Waals surface area contributed by atoms with Crippen LogP contribution in [0.25, 0.3) is 0 Å². The zero-order chi connectivity index (χ0) is 22.0. The summed E-state index contributed by atoms with van der Waals surface area (Å²) < 4.78 is 1.47. The molecule has 1 atom stereocenters. The van der Waals surface area contributed by atoms with E-state index < -0.39 is 0 Å². The maximum atomic E-state index is 12.4. The number of nitrogens with zero attached hydrogens (tertiary/aromatic N) is 4. The molecule has 160 valence electrons. The molecule has 0 spiro atoms. The fourth-order valence-electron chi connectivity index (χ4n) is 2.81. The summed E-state index contributed by atoms with van der Waals surface area (Å²) in [5.41, 5.74) is 6.35.